The number of benzene rings is 3. The van der Waals surface area contributed by atoms with E-state index in [1.807, 2.05) is 18.3 Å². The summed E-state index contributed by atoms with van der Waals surface area (Å²) in [7, 11) is 0. The van der Waals surface area contributed by atoms with E-state index in [4.69, 9.17) is 4.99 Å². The molecule has 33 heavy (non-hydrogen) atoms. The van der Waals surface area contributed by atoms with Crippen LogP contribution in [-0.4, -0.2) is 15.9 Å². The third-order valence-electron chi connectivity index (χ3n) is 7.20. The van der Waals surface area contributed by atoms with Gasteiger partial charge in [0.05, 0.1) is 11.0 Å². The van der Waals surface area contributed by atoms with E-state index >= 15 is 0 Å². The van der Waals surface area contributed by atoms with Crippen molar-refractivity contribution in [3.63, 3.8) is 0 Å². The molecule has 1 aromatic heterocycles. The fourth-order valence-corrected chi connectivity index (χ4v) is 5.03. The van der Waals surface area contributed by atoms with Gasteiger partial charge < -0.3 is 9.67 Å². The van der Waals surface area contributed by atoms with Crippen molar-refractivity contribution in [2.75, 3.05) is 0 Å². The fraction of sp³-hybridized carbons (Fsp3) is 0.300. The van der Waals surface area contributed by atoms with E-state index in [0.717, 1.165) is 22.8 Å². The van der Waals surface area contributed by atoms with E-state index in [1.165, 1.54) is 22.1 Å². The number of phenolic OH excluding ortho intramolecular Hbond substituents is 1. The summed E-state index contributed by atoms with van der Waals surface area (Å²) in [6, 6.07) is 23.2. The second kappa shape index (κ2) is 7.62. The molecule has 0 radical (unpaired) electrons. The number of rotatable bonds is 3. The number of nitrogens with zero attached hydrogens (tertiary/aromatic N) is 2. The van der Waals surface area contributed by atoms with Crippen LogP contribution in [-0.2, 0) is 5.41 Å². The van der Waals surface area contributed by atoms with Gasteiger partial charge in [0, 0.05) is 34.9 Å². The standard InChI is InChI=1S/C30H32N2O/c1-29(2,3)21-15-16-31-28(18-21)32-26-14-11-22(30(4,5)20-9-7-6-8-10-20)17-25(26)24-13-12-23(33)19-27(24)32/h6-17,19,28,33H,18H2,1-5H3. The Morgan fingerprint density at radius 3 is 2.30 bits per heavy atom. The first-order valence-electron chi connectivity index (χ1n) is 11.7. The van der Waals surface area contributed by atoms with Gasteiger partial charge >= 0.3 is 0 Å². The molecule has 3 heteroatoms. The van der Waals surface area contributed by atoms with Crippen molar-refractivity contribution in [1.82, 2.24) is 4.57 Å². The predicted molar refractivity (Wildman–Crippen MR) is 139 cm³/mol. The molecule has 3 nitrogen and oxygen atoms in total. The number of dihydropyridines is 1. The molecule has 0 amide bonds. The quantitative estimate of drug-likeness (QED) is 0.350. The van der Waals surface area contributed by atoms with Crippen molar-refractivity contribution in [2.45, 2.75) is 52.6 Å². The maximum atomic E-state index is 10.3. The van der Waals surface area contributed by atoms with E-state index in [2.05, 4.69) is 93.8 Å². The van der Waals surface area contributed by atoms with Crippen LogP contribution in [0.5, 0.6) is 5.75 Å². The Morgan fingerprint density at radius 2 is 1.58 bits per heavy atom. The van der Waals surface area contributed by atoms with Gasteiger partial charge in [-0.1, -0.05) is 76.6 Å². The van der Waals surface area contributed by atoms with Gasteiger partial charge in [-0.2, -0.15) is 0 Å². The Labute approximate surface area is 196 Å². The molecule has 3 aromatic carbocycles. The molecular weight excluding hydrogens is 404 g/mol. The zero-order valence-corrected chi connectivity index (χ0v) is 20.1. The number of aromatic nitrogens is 1. The van der Waals surface area contributed by atoms with E-state index in [0.29, 0.717) is 0 Å². The van der Waals surface area contributed by atoms with E-state index in [-0.39, 0.29) is 22.7 Å². The zero-order valence-electron chi connectivity index (χ0n) is 20.1. The van der Waals surface area contributed by atoms with Gasteiger partial charge in [0.15, 0.2) is 0 Å². The molecule has 0 saturated heterocycles. The lowest BCUT2D eigenvalue weighted by molar-refractivity contribution is 0.433. The molecule has 168 valence electrons. The maximum absolute atomic E-state index is 10.3. The average Bonchev–Trinajstić information content (AvgIpc) is 3.11. The van der Waals surface area contributed by atoms with Gasteiger partial charge in [-0.05, 0) is 46.9 Å². The smallest absolute Gasteiger partial charge is 0.129 e. The lowest BCUT2D eigenvalue weighted by atomic mass is 9.78. The van der Waals surface area contributed by atoms with Crippen LogP contribution in [0.25, 0.3) is 21.8 Å². The van der Waals surface area contributed by atoms with Crippen molar-refractivity contribution in [3.05, 3.63) is 89.5 Å². The van der Waals surface area contributed by atoms with Gasteiger partial charge in [0.25, 0.3) is 0 Å². The highest BCUT2D eigenvalue weighted by Crippen LogP contribution is 2.42. The zero-order chi connectivity index (χ0) is 23.4. The highest BCUT2D eigenvalue weighted by atomic mass is 16.3. The van der Waals surface area contributed by atoms with Crippen molar-refractivity contribution in [3.8, 4) is 5.75 Å². The van der Waals surface area contributed by atoms with Crippen molar-refractivity contribution < 1.29 is 5.11 Å². The molecular formula is C30H32N2O. The lowest BCUT2D eigenvalue weighted by Gasteiger charge is -2.29. The number of hydrogen-bond acceptors (Lipinski definition) is 2. The highest BCUT2D eigenvalue weighted by molar-refractivity contribution is 6.09. The first kappa shape index (κ1) is 21.5. The van der Waals surface area contributed by atoms with Crippen molar-refractivity contribution in [1.29, 1.82) is 0 Å². The highest BCUT2D eigenvalue weighted by Gasteiger charge is 2.28. The largest absolute Gasteiger partial charge is 0.508 e. The van der Waals surface area contributed by atoms with Gasteiger partial charge in [0.1, 0.15) is 11.9 Å². The average molecular weight is 437 g/mol. The van der Waals surface area contributed by atoms with Crippen molar-refractivity contribution in [2.24, 2.45) is 10.4 Å². The Hall–Kier alpha value is -3.33. The summed E-state index contributed by atoms with van der Waals surface area (Å²) in [5, 5.41) is 12.7. The molecule has 0 bridgehead atoms. The molecule has 1 N–H and O–H groups in total. The first-order valence-corrected chi connectivity index (χ1v) is 11.7. The minimum Gasteiger partial charge on any atom is -0.508 e. The Kier molecular flexibility index (Phi) is 4.97. The SMILES string of the molecule is CC(C)(C)C1=CC=NC(n2c3ccc(C(C)(C)c4ccccc4)cc3c3ccc(O)cc32)C1. The Balaban J connectivity index is 1.70. The molecule has 0 spiro atoms. The van der Waals surface area contributed by atoms with Crippen molar-refractivity contribution >= 4 is 28.0 Å². The number of phenols is 1. The molecule has 1 aliphatic rings. The Bertz CT molecular complexity index is 1400. The second-order valence-electron chi connectivity index (χ2n) is 10.7. The van der Waals surface area contributed by atoms with Crippen LogP contribution in [0.3, 0.4) is 0 Å². The summed E-state index contributed by atoms with van der Waals surface area (Å²) >= 11 is 0. The molecule has 0 fully saturated rings. The third-order valence-corrected chi connectivity index (χ3v) is 7.20. The molecule has 4 aromatic rings. The van der Waals surface area contributed by atoms with Crippen LogP contribution >= 0.6 is 0 Å². The maximum Gasteiger partial charge on any atom is 0.129 e. The van der Waals surface area contributed by atoms with Crippen LogP contribution in [0.4, 0.5) is 0 Å². The van der Waals surface area contributed by atoms with Crippen LogP contribution in [0.1, 0.15) is 58.3 Å². The van der Waals surface area contributed by atoms with E-state index < -0.39 is 0 Å². The molecule has 2 heterocycles. The fourth-order valence-electron chi connectivity index (χ4n) is 5.03. The summed E-state index contributed by atoms with van der Waals surface area (Å²) in [6.07, 6.45) is 4.94. The summed E-state index contributed by atoms with van der Waals surface area (Å²) in [4.78, 5) is 4.86. The molecule has 1 aliphatic heterocycles. The Morgan fingerprint density at radius 1 is 0.818 bits per heavy atom. The number of fused-ring (bicyclic) bond motifs is 3. The van der Waals surface area contributed by atoms with Gasteiger partial charge in [0.2, 0.25) is 0 Å². The number of aliphatic imine (C=N–C) groups is 1. The normalized spacial score (nSPS) is 17.0. The third kappa shape index (κ3) is 3.66. The molecule has 0 aliphatic carbocycles. The van der Waals surface area contributed by atoms with Crippen LogP contribution in [0.15, 0.2) is 83.4 Å². The second-order valence-corrected chi connectivity index (χ2v) is 10.7. The topological polar surface area (TPSA) is 37.5 Å². The minimum atomic E-state index is -0.119. The summed E-state index contributed by atoms with van der Waals surface area (Å²) in [5.41, 5.74) is 6.11. The van der Waals surface area contributed by atoms with Crippen LogP contribution < -0.4 is 0 Å². The first-order chi connectivity index (χ1) is 15.7. The lowest BCUT2D eigenvalue weighted by Crippen LogP contribution is -2.19. The van der Waals surface area contributed by atoms with Crippen LogP contribution in [0.2, 0.25) is 0 Å². The number of allylic oxidation sites excluding steroid dienone is 1. The summed E-state index contributed by atoms with van der Waals surface area (Å²) < 4.78 is 2.30. The summed E-state index contributed by atoms with van der Waals surface area (Å²) in [5.74, 6) is 0.280. The van der Waals surface area contributed by atoms with E-state index in [9.17, 15) is 5.11 Å². The van der Waals surface area contributed by atoms with Gasteiger partial charge in [-0.3, -0.25) is 4.99 Å². The molecule has 0 saturated carbocycles. The minimum absolute atomic E-state index is 0.0287. The predicted octanol–water partition coefficient (Wildman–Crippen LogP) is 7.77. The molecule has 5 rings (SSSR count). The number of hydrogen-bond donors (Lipinski definition) is 1. The molecule has 1 unspecified atom stereocenters. The monoisotopic (exact) mass is 436 g/mol. The van der Waals surface area contributed by atoms with Gasteiger partial charge in [-0.15, -0.1) is 0 Å². The summed E-state index contributed by atoms with van der Waals surface area (Å²) in [6.45, 7) is 11.3. The van der Waals surface area contributed by atoms with Crippen LogP contribution in [0, 0.1) is 5.41 Å². The number of aromatic hydroxyl groups is 1. The molecule has 1 atom stereocenters. The van der Waals surface area contributed by atoms with Gasteiger partial charge in [-0.25, -0.2) is 0 Å². The van der Waals surface area contributed by atoms with E-state index in [1.54, 1.807) is 6.07 Å².